The van der Waals surface area contributed by atoms with E-state index < -0.39 is 0 Å². The van der Waals surface area contributed by atoms with E-state index in [-0.39, 0.29) is 12.1 Å². The number of amides is 1. The van der Waals surface area contributed by atoms with Crippen molar-refractivity contribution in [3.05, 3.63) is 0 Å². The molecule has 7 nitrogen and oxygen atoms in total. The molecule has 2 N–H and O–H groups in total. The number of ether oxygens (including phenoxy) is 1. The molecule has 1 fully saturated rings. The molecule has 1 saturated heterocycles. The van der Waals surface area contributed by atoms with Gasteiger partial charge in [-0.05, 0) is 6.92 Å². The predicted octanol–water partition coefficient (Wildman–Crippen LogP) is -0.444. The van der Waals surface area contributed by atoms with Crippen molar-refractivity contribution in [3.63, 3.8) is 0 Å². The van der Waals surface area contributed by atoms with Gasteiger partial charge in [-0.2, -0.15) is 5.26 Å². The Kier molecular flexibility index (Phi) is 4.39. The number of aliphatic imine (C=N–C) groups is 1. The van der Waals surface area contributed by atoms with Gasteiger partial charge >= 0.3 is 6.09 Å². The fourth-order valence-corrected chi connectivity index (χ4v) is 1.45. The van der Waals surface area contributed by atoms with Crippen LogP contribution in [0.5, 0.6) is 0 Å². The Morgan fingerprint density at radius 2 is 2.00 bits per heavy atom. The van der Waals surface area contributed by atoms with Gasteiger partial charge in [0.1, 0.15) is 0 Å². The van der Waals surface area contributed by atoms with Crippen molar-refractivity contribution in [1.82, 2.24) is 9.80 Å². The molecule has 0 radical (unpaired) electrons. The van der Waals surface area contributed by atoms with Crippen LogP contribution in [0.15, 0.2) is 4.99 Å². The van der Waals surface area contributed by atoms with E-state index in [4.69, 9.17) is 15.7 Å². The van der Waals surface area contributed by atoms with Crippen molar-refractivity contribution >= 4 is 12.1 Å². The zero-order valence-corrected chi connectivity index (χ0v) is 9.22. The Morgan fingerprint density at radius 1 is 1.44 bits per heavy atom. The van der Waals surface area contributed by atoms with Crippen LogP contribution >= 0.6 is 0 Å². The summed E-state index contributed by atoms with van der Waals surface area (Å²) in [4.78, 5) is 18.2. The molecule has 0 atom stereocenters. The number of guanidine groups is 1. The molecule has 1 aliphatic rings. The summed E-state index contributed by atoms with van der Waals surface area (Å²) in [5.41, 5.74) is 5.56. The van der Waals surface area contributed by atoms with E-state index in [1.807, 2.05) is 0 Å². The maximum Gasteiger partial charge on any atom is 0.409 e. The Morgan fingerprint density at radius 3 is 2.50 bits per heavy atom. The van der Waals surface area contributed by atoms with Crippen LogP contribution < -0.4 is 5.73 Å². The first-order valence-corrected chi connectivity index (χ1v) is 5.08. The van der Waals surface area contributed by atoms with E-state index in [9.17, 15) is 4.79 Å². The first kappa shape index (κ1) is 12.1. The van der Waals surface area contributed by atoms with Crippen LogP contribution in [0.1, 0.15) is 6.92 Å². The lowest BCUT2D eigenvalue weighted by atomic mass is 10.3. The van der Waals surface area contributed by atoms with Crippen LogP contribution in [0, 0.1) is 11.5 Å². The van der Waals surface area contributed by atoms with E-state index in [2.05, 4.69) is 4.99 Å². The largest absolute Gasteiger partial charge is 0.450 e. The molecule has 1 heterocycles. The van der Waals surface area contributed by atoms with Gasteiger partial charge in [0.05, 0.1) is 6.61 Å². The molecule has 0 aliphatic carbocycles. The van der Waals surface area contributed by atoms with Gasteiger partial charge in [0.25, 0.3) is 0 Å². The molecule has 16 heavy (non-hydrogen) atoms. The first-order chi connectivity index (χ1) is 7.69. The average Bonchev–Trinajstić information content (AvgIpc) is 2.30. The zero-order valence-electron chi connectivity index (χ0n) is 9.22. The first-order valence-electron chi connectivity index (χ1n) is 5.08. The van der Waals surface area contributed by atoms with Gasteiger partial charge in [-0.3, -0.25) is 0 Å². The second-order valence-corrected chi connectivity index (χ2v) is 3.24. The van der Waals surface area contributed by atoms with Gasteiger partial charge in [-0.25, -0.2) is 4.79 Å². The summed E-state index contributed by atoms with van der Waals surface area (Å²) < 4.78 is 4.88. The number of nitrogens with two attached hydrogens (primary N) is 1. The molecule has 0 aromatic rings. The molecular weight excluding hydrogens is 210 g/mol. The lowest BCUT2D eigenvalue weighted by Gasteiger charge is -2.34. The zero-order chi connectivity index (χ0) is 12.0. The van der Waals surface area contributed by atoms with E-state index in [1.54, 1.807) is 22.9 Å². The second kappa shape index (κ2) is 5.80. The molecular formula is C9H15N5O2. The van der Waals surface area contributed by atoms with Gasteiger partial charge < -0.3 is 20.3 Å². The van der Waals surface area contributed by atoms with Crippen molar-refractivity contribution < 1.29 is 9.53 Å². The number of hydrogen-bond acceptors (Lipinski definition) is 4. The van der Waals surface area contributed by atoms with Gasteiger partial charge in [0, 0.05) is 26.2 Å². The maximum atomic E-state index is 11.4. The number of nitriles is 1. The van der Waals surface area contributed by atoms with Crippen molar-refractivity contribution in [2.24, 2.45) is 10.7 Å². The SMILES string of the molecule is CCOC(=O)N1CCN(C(N)=NC#N)CC1. The third kappa shape index (κ3) is 3.02. The fraction of sp³-hybridized carbons (Fsp3) is 0.667. The molecule has 88 valence electrons. The van der Waals surface area contributed by atoms with Gasteiger partial charge in [0.15, 0.2) is 0 Å². The van der Waals surface area contributed by atoms with Crippen LogP contribution in [0.3, 0.4) is 0 Å². The Balaban J connectivity index is 2.43. The van der Waals surface area contributed by atoms with E-state index in [0.717, 1.165) is 0 Å². The smallest absolute Gasteiger partial charge is 0.409 e. The Hall–Kier alpha value is -1.97. The molecule has 1 aliphatic heterocycles. The van der Waals surface area contributed by atoms with Crippen molar-refractivity contribution in [2.75, 3.05) is 32.8 Å². The molecule has 0 aromatic heterocycles. The summed E-state index contributed by atoms with van der Waals surface area (Å²) in [5, 5.41) is 8.35. The standard InChI is InChI=1S/C9H15N5O2/c1-2-16-9(15)14-5-3-13(4-6-14)8(11)12-7-10/h2-6H2,1H3,(H2,11,12). The Bertz CT molecular complexity index is 314. The third-order valence-corrected chi connectivity index (χ3v) is 2.29. The summed E-state index contributed by atoms with van der Waals surface area (Å²) in [6.07, 6.45) is 1.33. The molecule has 1 amide bonds. The second-order valence-electron chi connectivity index (χ2n) is 3.24. The van der Waals surface area contributed by atoms with Crippen molar-refractivity contribution in [1.29, 1.82) is 5.26 Å². The minimum Gasteiger partial charge on any atom is -0.450 e. The van der Waals surface area contributed by atoms with Crippen LogP contribution in [0.4, 0.5) is 4.79 Å². The molecule has 0 spiro atoms. The number of carbonyl (C=O) groups excluding carboxylic acids is 1. The quantitative estimate of drug-likeness (QED) is 0.370. The van der Waals surface area contributed by atoms with Gasteiger partial charge in [0.2, 0.25) is 12.2 Å². The molecule has 0 unspecified atom stereocenters. The number of carbonyl (C=O) groups is 1. The van der Waals surface area contributed by atoms with Gasteiger partial charge in [-0.15, -0.1) is 4.99 Å². The number of piperazine rings is 1. The summed E-state index contributed by atoms with van der Waals surface area (Å²) in [6.45, 7) is 4.33. The predicted molar refractivity (Wildman–Crippen MR) is 57.4 cm³/mol. The normalized spacial score (nSPS) is 16.9. The topological polar surface area (TPSA) is 94.9 Å². The van der Waals surface area contributed by atoms with Crippen LogP contribution in [-0.4, -0.2) is 54.6 Å². The Labute approximate surface area is 94.1 Å². The summed E-state index contributed by atoms with van der Waals surface area (Å²) >= 11 is 0. The average molecular weight is 225 g/mol. The number of nitrogens with zero attached hydrogens (tertiary/aromatic N) is 4. The lowest BCUT2D eigenvalue weighted by Crippen LogP contribution is -2.52. The highest BCUT2D eigenvalue weighted by Crippen LogP contribution is 2.03. The summed E-state index contributed by atoms with van der Waals surface area (Å²) in [6, 6.07) is 0. The highest BCUT2D eigenvalue weighted by Gasteiger charge is 2.22. The molecule has 0 saturated carbocycles. The third-order valence-electron chi connectivity index (χ3n) is 2.29. The maximum absolute atomic E-state index is 11.4. The number of rotatable bonds is 1. The van der Waals surface area contributed by atoms with E-state index >= 15 is 0 Å². The summed E-state index contributed by atoms with van der Waals surface area (Å²) in [7, 11) is 0. The highest BCUT2D eigenvalue weighted by atomic mass is 16.6. The van der Waals surface area contributed by atoms with Crippen LogP contribution in [0.2, 0.25) is 0 Å². The number of hydrogen-bond donors (Lipinski definition) is 1. The minimum atomic E-state index is -0.307. The molecule has 7 heteroatoms. The van der Waals surface area contributed by atoms with Crippen molar-refractivity contribution in [2.45, 2.75) is 6.92 Å². The molecule has 0 aromatic carbocycles. The van der Waals surface area contributed by atoms with Crippen molar-refractivity contribution in [3.8, 4) is 6.19 Å². The van der Waals surface area contributed by atoms with E-state index in [0.29, 0.717) is 32.8 Å². The monoisotopic (exact) mass is 225 g/mol. The molecule has 1 rings (SSSR count). The lowest BCUT2D eigenvalue weighted by molar-refractivity contribution is 0.0918. The van der Waals surface area contributed by atoms with Gasteiger partial charge in [-0.1, -0.05) is 0 Å². The fourth-order valence-electron chi connectivity index (χ4n) is 1.45. The highest BCUT2D eigenvalue weighted by molar-refractivity contribution is 5.79. The molecule has 0 bridgehead atoms. The van der Waals surface area contributed by atoms with Crippen LogP contribution in [-0.2, 0) is 4.74 Å². The van der Waals surface area contributed by atoms with E-state index in [1.165, 1.54) is 0 Å². The van der Waals surface area contributed by atoms with Crippen LogP contribution in [0.25, 0.3) is 0 Å². The summed E-state index contributed by atoms with van der Waals surface area (Å²) in [5.74, 6) is 0.200. The minimum absolute atomic E-state index is 0.200.